The van der Waals surface area contributed by atoms with Crippen LogP contribution >= 0.6 is 12.4 Å². The Morgan fingerprint density at radius 2 is 2.13 bits per heavy atom. The quantitative estimate of drug-likeness (QED) is 0.783. The third kappa shape index (κ3) is 3.65. The van der Waals surface area contributed by atoms with Gasteiger partial charge in [0.15, 0.2) is 0 Å². The number of benzene rings is 1. The van der Waals surface area contributed by atoms with Crippen molar-refractivity contribution in [1.29, 1.82) is 0 Å². The molecule has 0 aromatic heterocycles. The molecule has 82 valence electrons. The first-order valence-electron chi connectivity index (χ1n) is 4.98. The Hall–Kier alpha value is -0.860. The van der Waals surface area contributed by atoms with Gasteiger partial charge in [-0.25, -0.2) is 4.39 Å². The summed E-state index contributed by atoms with van der Waals surface area (Å²) in [5.74, 6) is -0.138. The lowest BCUT2D eigenvalue weighted by atomic mass is 10.1. The van der Waals surface area contributed by atoms with Crippen LogP contribution in [0.15, 0.2) is 35.9 Å². The van der Waals surface area contributed by atoms with Crippen molar-refractivity contribution in [2.45, 2.75) is 12.8 Å². The molecule has 0 aliphatic carbocycles. The molecule has 0 bridgehead atoms. The third-order valence-corrected chi connectivity index (χ3v) is 2.51. The first-order chi connectivity index (χ1) is 6.84. The first kappa shape index (κ1) is 12.2. The zero-order chi connectivity index (χ0) is 9.80. The van der Waals surface area contributed by atoms with Gasteiger partial charge in [-0.05, 0) is 30.5 Å². The molecule has 15 heavy (non-hydrogen) atoms. The van der Waals surface area contributed by atoms with Gasteiger partial charge in [0.25, 0.3) is 0 Å². The number of rotatable bonds is 3. The number of aryl methyl sites for hydroxylation is 1. The molecular weight excluding hydrogens is 213 g/mol. The van der Waals surface area contributed by atoms with Crippen molar-refractivity contribution in [3.05, 3.63) is 47.3 Å². The molecule has 0 radical (unpaired) electrons. The molecule has 0 saturated carbocycles. The number of hydrogen-bond donors (Lipinski definition) is 1. The predicted molar refractivity (Wildman–Crippen MR) is 62.9 cm³/mol. The van der Waals surface area contributed by atoms with Crippen LogP contribution in [0, 0.1) is 5.82 Å². The maximum Gasteiger partial charge on any atom is 0.123 e. The highest BCUT2D eigenvalue weighted by Gasteiger charge is 2.03. The van der Waals surface area contributed by atoms with Crippen molar-refractivity contribution < 1.29 is 4.39 Å². The summed E-state index contributed by atoms with van der Waals surface area (Å²) in [5.41, 5.74) is 2.52. The lowest BCUT2D eigenvalue weighted by Crippen LogP contribution is -2.08. The Balaban J connectivity index is 0.00000112. The summed E-state index contributed by atoms with van der Waals surface area (Å²) < 4.78 is 12.8. The van der Waals surface area contributed by atoms with Crippen molar-refractivity contribution >= 4 is 12.4 Å². The lowest BCUT2D eigenvalue weighted by Gasteiger charge is -2.02. The van der Waals surface area contributed by atoms with Crippen LogP contribution in [0.2, 0.25) is 0 Å². The van der Waals surface area contributed by atoms with E-state index in [2.05, 4.69) is 11.4 Å². The molecule has 1 aromatic rings. The minimum Gasteiger partial charge on any atom is -0.310 e. The molecule has 1 nitrogen and oxygen atoms in total. The third-order valence-electron chi connectivity index (χ3n) is 2.51. The van der Waals surface area contributed by atoms with E-state index in [-0.39, 0.29) is 18.2 Å². The molecule has 0 atom stereocenters. The fourth-order valence-corrected chi connectivity index (χ4v) is 1.71. The molecule has 0 fully saturated rings. The Morgan fingerprint density at radius 1 is 1.27 bits per heavy atom. The molecular formula is C12H15ClFN. The zero-order valence-electron chi connectivity index (χ0n) is 8.50. The highest BCUT2D eigenvalue weighted by Crippen LogP contribution is 2.11. The highest BCUT2D eigenvalue weighted by atomic mass is 35.5. The van der Waals surface area contributed by atoms with E-state index in [1.54, 1.807) is 12.1 Å². The summed E-state index contributed by atoms with van der Waals surface area (Å²) in [4.78, 5) is 0. The van der Waals surface area contributed by atoms with Crippen LogP contribution in [-0.2, 0) is 6.42 Å². The zero-order valence-corrected chi connectivity index (χ0v) is 9.32. The Kier molecular flexibility index (Phi) is 4.79. The average Bonchev–Trinajstić information content (AvgIpc) is 2.67. The summed E-state index contributed by atoms with van der Waals surface area (Å²) >= 11 is 0. The maximum atomic E-state index is 12.8. The molecule has 0 amide bonds. The predicted octanol–water partition coefficient (Wildman–Crippen LogP) is 2.71. The van der Waals surface area contributed by atoms with E-state index >= 15 is 0 Å². The smallest absolute Gasteiger partial charge is 0.123 e. The largest absolute Gasteiger partial charge is 0.310 e. The maximum absolute atomic E-state index is 12.8. The van der Waals surface area contributed by atoms with Crippen LogP contribution in [0.5, 0.6) is 0 Å². The van der Waals surface area contributed by atoms with Crippen molar-refractivity contribution in [3.63, 3.8) is 0 Å². The van der Waals surface area contributed by atoms with Crippen LogP contribution in [0.4, 0.5) is 4.39 Å². The van der Waals surface area contributed by atoms with Gasteiger partial charge < -0.3 is 5.32 Å². The van der Waals surface area contributed by atoms with Crippen LogP contribution in [0.25, 0.3) is 0 Å². The molecule has 1 aromatic carbocycles. The van der Waals surface area contributed by atoms with Gasteiger partial charge in [-0.3, -0.25) is 0 Å². The van der Waals surface area contributed by atoms with E-state index < -0.39 is 0 Å². The van der Waals surface area contributed by atoms with Gasteiger partial charge in [0, 0.05) is 13.1 Å². The topological polar surface area (TPSA) is 12.0 Å². The van der Waals surface area contributed by atoms with E-state index in [4.69, 9.17) is 0 Å². The molecule has 1 heterocycles. The number of nitrogens with one attached hydrogen (secondary N) is 1. The van der Waals surface area contributed by atoms with Crippen LogP contribution < -0.4 is 5.32 Å². The second kappa shape index (κ2) is 5.89. The molecule has 1 aliphatic heterocycles. The van der Waals surface area contributed by atoms with Gasteiger partial charge in [-0.1, -0.05) is 23.8 Å². The summed E-state index contributed by atoms with van der Waals surface area (Å²) in [6.07, 6.45) is 4.20. The Bertz CT molecular complexity index is 349. The monoisotopic (exact) mass is 227 g/mol. The number of halogens is 2. The van der Waals surface area contributed by atoms with Gasteiger partial charge in [0.1, 0.15) is 5.82 Å². The van der Waals surface area contributed by atoms with Crippen molar-refractivity contribution in [3.8, 4) is 0 Å². The van der Waals surface area contributed by atoms with E-state index in [1.807, 2.05) is 6.07 Å². The van der Waals surface area contributed by atoms with Crippen molar-refractivity contribution in [2.75, 3.05) is 13.1 Å². The van der Waals surface area contributed by atoms with Gasteiger partial charge in [-0.15, -0.1) is 12.4 Å². The van der Waals surface area contributed by atoms with E-state index in [9.17, 15) is 4.39 Å². The van der Waals surface area contributed by atoms with Gasteiger partial charge >= 0.3 is 0 Å². The standard InChI is InChI=1S/C12H14FN.ClH/c13-12-3-1-2-10(8-12)4-5-11-6-7-14-9-11;/h1-3,6,8,14H,4-5,7,9H2;1H. The van der Waals surface area contributed by atoms with E-state index in [0.717, 1.165) is 31.5 Å². The fraction of sp³-hybridized carbons (Fsp3) is 0.333. The molecule has 1 N–H and O–H groups in total. The second-order valence-electron chi connectivity index (χ2n) is 3.62. The van der Waals surface area contributed by atoms with Gasteiger partial charge in [-0.2, -0.15) is 0 Å². The van der Waals surface area contributed by atoms with Crippen LogP contribution in [0.1, 0.15) is 12.0 Å². The highest BCUT2D eigenvalue weighted by molar-refractivity contribution is 5.85. The van der Waals surface area contributed by atoms with Crippen LogP contribution in [-0.4, -0.2) is 13.1 Å². The summed E-state index contributed by atoms with van der Waals surface area (Å²) in [5, 5.41) is 3.25. The number of hydrogen-bond acceptors (Lipinski definition) is 1. The summed E-state index contributed by atoms with van der Waals surface area (Å²) in [6.45, 7) is 1.98. The van der Waals surface area contributed by atoms with Crippen molar-refractivity contribution in [1.82, 2.24) is 5.32 Å². The minimum atomic E-state index is -0.138. The molecule has 1 aliphatic rings. The minimum absolute atomic E-state index is 0. The van der Waals surface area contributed by atoms with Crippen LogP contribution in [0.3, 0.4) is 0 Å². The normalized spacial score (nSPS) is 14.6. The summed E-state index contributed by atoms with van der Waals surface area (Å²) in [6, 6.07) is 6.85. The first-order valence-corrected chi connectivity index (χ1v) is 4.98. The van der Waals surface area contributed by atoms with E-state index in [1.165, 1.54) is 11.6 Å². The molecule has 3 heteroatoms. The SMILES string of the molecule is Cl.Fc1cccc(CCC2=CCNC2)c1. The lowest BCUT2D eigenvalue weighted by molar-refractivity contribution is 0.625. The Labute approximate surface area is 95.8 Å². The summed E-state index contributed by atoms with van der Waals surface area (Å²) in [7, 11) is 0. The van der Waals surface area contributed by atoms with E-state index in [0.29, 0.717) is 0 Å². The molecule has 2 rings (SSSR count). The van der Waals surface area contributed by atoms with Gasteiger partial charge in [0.05, 0.1) is 0 Å². The fourth-order valence-electron chi connectivity index (χ4n) is 1.71. The second-order valence-corrected chi connectivity index (χ2v) is 3.62. The molecule has 0 unspecified atom stereocenters. The van der Waals surface area contributed by atoms with Crippen molar-refractivity contribution in [2.24, 2.45) is 0 Å². The van der Waals surface area contributed by atoms with Gasteiger partial charge in [0.2, 0.25) is 0 Å². The average molecular weight is 228 g/mol. The Morgan fingerprint density at radius 3 is 2.80 bits per heavy atom. The molecule has 0 saturated heterocycles. The molecule has 0 spiro atoms.